The number of anilines is 2. The van der Waals surface area contributed by atoms with Crippen molar-refractivity contribution in [3.8, 4) is 22.8 Å². The molecule has 37 heavy (non-hydrogen) atoms. The van der Waals surface area contributed by atoms with Crippen molar-refractivity contribution in [1.29, 1.82) is 0 Å². The standard InChI is InChI=1S/C28H27N3O4S2/c1-17-8-5-6-11-22(17)27(33)29-20-9-7-10-21(15-20)37-18(2)26(32)31-28-30-23(16-36-28)19-12-13-24(34-3)25(14-19)35-4/h5-16,18H,1-4H3,(H,29,33)(H,30,31,32). The van der Waals surface area contributed by atoms with Gasteiger partial charge in [0.1, 0.15) is 0 Å². The first-order chi connectivity index (χ1) is 17.9. The SMILES string of the molecule is COc1ccc(-c2csc(NC(=O)C(C)Sc3cccc(NC(=O)c4ccccc4C)c3)n2)cc1OC. The average Bonchev–Trinajstić information content (AvgIpc) is 3.37. The van der Waals surface area contributed by atoms with Crippen LogP contribution in [0.25, 0.3) is 11.3 Å². The molecule has 0 aliphatic carbocycles. The highest BCUT2D eigenvalue weighted by atomic mass is 32.2. The number of nitrogens with one attached hydrogen (secondary N) is 2. The molecule has 9 heteroatoms. The Bertz CT molecular complexity index is 1420. The van der Waals surface area contributed by atoms with E-state index in [9.17, 15) is 9.59 Å². The van der Waals surface area contributed by atoms with Gasteiger partial charge in [-0.1, -0.05) is 24.3 Å². The molecule has 7 nitrogen and oxygen atoms in total. The molecule has 1 unspecified atom stereocenters. The first-order valence-electron chi connectivity index (χ1n) is 11.5. The third kappa shape index (κ3) is 6.49. The number of hydrogen-bond donors (Lipinski definition) is 2. The van der Waals surface area contributed by atoms with Gasteiger partial charge in [0, 0.05) is 27.1 Å². The lowest BCUT2D eigenvalue weighted by Gasteiger charge is -2.12. The van der Waals surface area contributed by atoms with Gasteiger partial charge in [0.05, 0.1) is 25.2 Å². The zero-order valence-electron chi connectivity index (χ0n) is 20.9. The summed E-state index contributed by atoms with van der Waals surface area (Å²) in [6.45, 7) is 3.74. The monoisotopic (exact) mass is 533 g/mol. The van der Waals surface area contributed by atoms with Gasteiger partial charge in [-0.2, -0.15) is 0 Å². The van der Waals surface area contributed by atoms with Gasteiger partial charge in [-0.25, -0.2) is 4.98 Å². The molecule has 2 N–H and O–H groups in total. The number of nitrogens with zero attached hydrogens (tertiary/aromatic N) is 1. The second-order valence-electron chi connectivity index (χ2n) is 8.15. The Morgan fingerprint density at radius 1 is 0.946 bits per heavy atom. The Labute approximate surface area is 224 Å². The number of benzene rings is 3. The maximum absolute atomic E-state index is 12.9. The number of rotatable bonds is 9. The van der Waals surface area contributed by atoms with Crippen LogP contribution in [0.15, 0.2) is 77.0 Å². The molecular weight excluding hydrogens is 506 g/mol. The highest BCUT2D eigenvalue weighted by molar-refractivity contribution is 8.00. The third-order valence-electron chi connectivity index (χ3n) is 5.58. The summed E-state index contributed by atoms with van der Waals surface area (Å²) in [5.41, 5.74) is 3.81. The van der Waals surface area contributed by atoms with Crippen LogP contribution >= 0.6 is 23.1 Å². The minimum Gasteiger partial charge on any atom is -0.493 e. The number of thiazole rings is 1. The molecule has 1 aromatic heterocycles. The predicted octanol–water partition coefficient (Wildman–Crippen LogP) is 6.51. The summed E-state index contributed by atoms with van der Waals surface area (Å²) in [5.74, 6) is 0.924. The van der Waals surface area contributed by atoms with E-state index < -0.39 is 0 Å². The molecule has 0 saturated heterocycles. The Balaban J connectivity index is 1.38. The number of methoxy groups -OCH3 is 2. The van der Waals surface area contributed by atoms with Gasteiger partial charge in [-0.05, 0) is 61.9 Å². The molecule has 190 valence electrons. The van der Waals surface area contributed by atoms with Crippen molar-refractivity contribution in [3.63, 3.8) is 0 Å². The molecule has 0 spiro atoms. The smallest absolute Gasteiger partial charge is 0.255 e. The summed E-state index contributed by atoms with van der Waals surface area (Å²) in [6.07, 6.45) is 0. The highest BCUT2D eigenvalue weighted by Gasteiger charge is 2.18. The van der Waals surface area contributed by atoms with Crippen LogP contribution < -0.4 is 20.1 Å². The Morgan fingerprint density at radius 3 is 2.49 bits per heavy atom. The molecule has 0 saturated carbocycles. The van der Waals surface area contributed by atoms with Gasteiger partial charge in [0.15, 0.2) is 16.6 Å². The zero-order valence-corrected chi connectivity index (χ0v) is 22.5. The summed E-state index contributed by atoms with van der Waals surface area (Å²) in [6, 6.07) is 20.5. The molecule has 1 heterocycles. The predicted molar refractivity (Wildman–Crippen MR) is 150 cm³/mol. The number of amides is 2. The van der Waals surface area contributed by atoms with E-state index in [1.807, 2.05) is 79.9 Å². The van der Waals surface area contributed by atoms with Gasteiger partial charge >= 0.3 is 0 Å². The number of thioether (sulfide) groups is 1. The molecule has 4 aromatic rings. The minimum atomic E-state index is -0.379. The largest absolute Gasteiger partial charge is 0.493 e. The van der Waals surface area contributed by atoms with Crippen molar-refractivity contribution < 1.29 is 19.1 Å². The lowest BCUT2D eigenvalue weighted by molar-refractivity contribution is -0.115. The van der Waals surface area contributed by atoms with Crippen molar-refractivity contribution in [2.45, 2.75) is 24.0 Å². The molecule has 0 aliphatic rings. The van der Waals surface area contributed by atoms with Crippen molar-refractivity contribution in [2.75, 3.05) is 24.9 Å². The molecule has 2 amide bonds. The molecule has 0 fully saturated rings. The van der Waals surface area contributed by atoms with E-state index in [2.05, 4.69) is 15.6 Å². The van der Waals surface area contributed by atoms with Crippen LogP contribution in [0.5, 0.6) is 11.5 Å². The Morgan fingerprint density at radius 2 is 1.73 bits per heavy atom. The Kier molecular flexibility index (Phi) is 8.47. The van der Waals surface area contributed by atoms with Crippen LogP contribution in [0.3, 0.4) is 0 Å². The fraction of sp³-hybridized carbons (Fsp3) is 0.179. The van der Waals surface area contributed by atoms with Crippen LogP contribution in [-0.2, 0) is 4.79 Å². The van der Waals surface area contributed by atoms with E-state index in [-0.39, 0.29) is 17.1 Å². The van der Waals surface area contributed by atoms with E-state index in [4.69, 9.17) is 9.47 Å². The van der Waals surface area contributed by atoms with Crippen LogP contribution in [0.1, 0.15) is 22.8 Å². The average molecular weight is 534 g/mol. The van der Waals surface area contributed by atoms with Crippen LogP contribution in [0, 0.1) is 6.92 Å². The summed E-state index contributed by atoms with van der Waals surface area (Å²) < 4.78 is 10.7. The maximum Gasteiger partial charge on any atom is 0.255 e. The van der Waals surface area contributed by atoms with Gasteiger partial charge in [-0.3, -0.25) is 9.59 Å². The number of carbonyl (C=O) groups is 2. The first kappa shape index (κ1) is 26.2. The molecule has 0 bridgehead atoms. The summed E-state index contributed by atoms with van der Waals surface area (Å²) in [5, 5.41) is 7.86. The number of aryl methyl sites for hydroxylation is 1. The molecule has 1 atom stereocenters. The van der Waals surface area contributed by atoms with Gasteiger partial charge in [0.25, 0.3) is 5.91 Å². The van der Waals surface area contributed by atoms with E-state index in [0.717, 1.165) is 21.7 Å². The Hall–Kier alpha value is -3.82. The normalized spacial score (nSPS) is 11.5. The molecule has 0 radical (unpaired) electrons. The quantitative estimate of drug-likeness (QED) is 0.239. The second-order valence-corrected chi connectivity index (χ2v) is 10.4. The van der Waals surface area contributed by atoms with Crippen molar-refractivity contribution in [3.05, 3.63) is 83.2 Å². The number of aromatic nitrogens is 1. The summed E-state index contributed by atoms with van der Waals surface area (Å²) in [7, 11) is 3.17. The van der Waals surface area contributed by atoms with Crippen molar-refractivity contribution >= 4 is 45.7 Å². The topological polar surface area (TPSA) is 89.6 Å². The van der Waals surface area contributed by atoms with Crippen molar-refractivity contribution in [1.82, 2.24) is 4.98 Å². The zero-order chi connectivity index (χ0) is 26.4. The van der Waals surface area contributed by atoms with Crippen LogP contribution in [0.2, 0.25) is 0 Å². The van der Waals surface area contributed by atoms with E-state index >= 15 is 0 Å². The van der Waals surface area contributed by atoms with Crippen molar-refractivity contribution in [2.24, 2.45) is 0 Å². The lowest BCUT2D eigenvalue weighted by atomic mass is 10.1. The van der Waals surface area contributed by atoms with Gasteiger partial charge in [-0.15, -0.1) is 23.1 Å². The van der Waals surface area contributed by atoms with E-state index in [1.54, 1.807) is 20.3 Å². The fourth-order valence-electron chi connectivity index (χ4n) is 3.60. The lowest BCUT2D eigenvalue weighted by Crippen LogP contribution is -2.22. The molecule has 4 rings (SSSR count). The van der Waals surface area contributed by atoms with Crippen LogP contribution in [0.4, 0.5) is 10.8 Å². The highest BCUT2D eigenvalue weighted by Crippen LogP contribution is 2.34. The number of ether oxygens (including phenoxy) is 2. The summed E-state index contributed by atoms with van der Waals surface area (Å²) >= 11 is 2.76. The summed E-state index contributed by atoms with van der Waals surface area (Å²) in [4.78, 5) is 30.9. The molecular formula is C28H27N3O4S2. The number of hydrogen-bond acceptors (Lipinski definition) is 7. The van der Waals surface area contributed by atoms with Gasteiger partial charge in [0.2, 0.25) is 5.91 Å². The molecule has 3 aromatic carbocycles. The fourth-order valence-corrected chi connectivity index (χ4v) is 5.25. The minimum absolute atomic E-state index is 0.160. The third-order valence-corrected chi connectivity index (χ3v) is 7.43. The number of carbonyl (C=O) groups excluding carboxylic acids is 2. The van der Waals surface area contributed by atoms with Crippen LogP contribution in [-0.4, -0.2) is 36.3 Å². The van der Waals surface area contributed by atoms with E-state index in [1.165, 1.54) is 23.1 Å². The second kappa shape index (κ2) is 11.9. The van der Waals surface area contributed by atoms with Gasteiger partial charge < -0.3 is 20.1 Å². The van der Waals surface area contributed by atoms with E-state index in [0.29, 0.717) is 27.9 Å². The molecule has 0 aliphatic heterocycles. The maximum atomic E-state index is 12.9. The first-order valence-corrected chi connectivity index (χ1v) is 13.3.